The number of alkyl halides is 2. The molecule has 0 bridgehead atoms. The molecule has 0 amide bonds. The van der Waals surface area contributed by atoms with E-state index in [1.807, 2.05) is 48.5 Å². The number of benzene rings is 3. The standard InChI is InChI=1S/C23H24F2N2O2/c1-15(27-29)21(23(2,28)22(24)25)26-14-16-8-9-20-13-19(11-10-18(20)12-16)17-6-4-3-5-7-17/h3-13,21-22,26-29H,1,14H2,2H3. The summed E-state index contributed by atoms with van der Waals surface area (Å²) in [7, 11) is 0. The average molecular weight is 398 g/mol. The van der Waals surface area contributed by atoms with Crippen molar-refractivity contribution in [3.8, 4) is 11.1 Å². The molecule has 3 aromatic rings. The second-order valence-corrected chi connectivity index (χ2v) is 7.24. The van der Waals surface area contributed by atoms with Crippen LogP contribution >= 0.6 is 0 Å². The Balaban J connectivity index is 1.80. The van der Waals surface area contributed by atoms with Crippen molar-refractivity contribution in [2.45, 2.75) is 31.5 Å². The van der Waals surface area contributed by atoms with Gasteiger partial charge in [0.1, 0.15) is 5.60 Å². The largest absolute Gasteiger partial charge is 0.382 e. The van der Waals surface area contributed by atoms with Gasteiger partial charge in [-0.3, -0.25) is 10.7 Å². The molecule has 0 spiro atoms. The second-order valence-electron chi connectivity index (χ2n) is 7.24. The molecular weight excluding hydrogens is 374 g/mol. The Hall–Kier alpha value is -2.80. The number of hydroxylamine groups is 1. The third-order valence-corrected chi connectivity index (χ3v) is 5.04. The first-order valence-corrected chi connectivity index (χ1v) is 9.24. The quantitative estimate of drug-likeness (QED) is 0.423. The van der Waals surface area contributed by atoms with E-state index in [0.717, 1.165) is 34.4 Å². The lowest BCUT2D eigenvalue weighted by atomic mass is 9.94. The van der Waals surface area contributed by atoms with Gasteiger partial charge in [-0.1, -0.05) is 61.2 Å². The minimum absolute atomic E-state index is 0.136. The highest BCUT2D eigenvalue weighted by Crippen LogP contribution is 2.26. The van der Waals surface area contributed by atoms with Gasteiger partial charge in [0.25, 0.3) is 6.43 Å². The van der Waals surface area contributed by atoms with Crippen molar-refractivity contribution in [1.82, 2.24) is 10.8 Å². The number of aliphatic hydroxyl groups is 1. The van der Waals surface area contributed by atoms with Crippen LogP contribution in [0.2, 0.25) is 0 Å². The van der Waals surface area contributed by atoms with Crippen LogP contribution in [-0.4, -0.2) is 28.4 Å². The van der Waals surface area contributed by atoms with E-state index in [2.05, 4.69) is 30.1 Å². The third kappa shape index (κ3) is 4.62. The normalized spacial score (nSPS) is 14.6. The molecule has 152 valence electrons. The third-order valence-electron chi connectivity index (χ3n) is 5.04. The first-order valence-electron chi connectivity index (χ1n) is 9.24. The Labute approximate surface area is 168 Å². The van der Waals surface area contributed by atoms with Gasteiger partial charge in [0, 0.05) is 6.54 Å². The Morgan fingerprint density at radius 1 is 1.00 bits per heavy atom. The lowest BCUT2D eigenvalue weighted by Crippen LogP contribution is -2.55. The molecule has 0 aliphatic rings. The summed E-state index contributed by atoms with van der Waals surface area (Å²) in [6, 6.07) is 20.8. The van der Waals surface area contributed by atoms with Crippen molar-refractivity contribution in [2.24, 2.45) is 0 Å². The molecule has 2 atom stereocenters. The molecular formula is C23H24F2N2O2. The van der Waals surface area contributed by atoms with Gasteiger partial charge in [0.15, 0.2) is 0 Å². The first-order chi connectivity index (χ1) is 13.8. The van der Waals surface area contributed by atoms with Crippen LogP contribution in [0.1, 0.15) is 12.5 Å². The van der Waals surface area contributed by atoms with Crippen molar-refractivity contribution in [3.63, 3.8) is 0 Å². The maximum atomic E-state index is 13.2. The topological polar surface area (TPSA) is 64.5 Å². The summed E-state index contributed by atoms with van der Waals surface area (Å²) in [6.45, 7) is 4.72. The number of halogens is 2. The fourth-order valence-electron chi connectivity index (χ4n) is 3.31. The molecule has 0 fully saturated rings. The van der Waals surface area contributed by atoms with Crippen LogP contribution in [0.5, 0.6) is 0 Å². The highest BCUT2D eigenvalue weighted by Gasteiger charge is 2.42. The van der Waals surface area contributed by atoms with Crippen molar-refractivity contribution in [2.75, 3.05) is 0 Å². The van der Waals surface area contributed by atoms with Gasteiger partial charge in [-0.05, 0) is 46.5 Å². The van der Waals surface area contributed by atoms with Crippen molar-refractivity contribution >= 4 is 10.8 Å². The van der Waals surface area contributed by atoms with Crippen LogP contribution in [0.4, 0.5) is 8.78 Å². The van der Waals surface area contributed by atoms with Crippen molar-refractivity contribution in [3.05, 3.63) is 84.6 Å². The summed E-state index contributed by atoms with van der Waals surface area (Å²) in [5.41, 5.74) is 2.33. The fourth-order valence-corrected chi connectivity index (χ4v) is 3.31. The summed E-state index contributed by atoms with van der Waals surface area (Å²) in [5.74, 6) is 0. The monoisotopic (exact) mass is 398 g/mol. The maximum absolute atomic E-state index is 13.2. The molecule has 4 nitrogen and oxygen atoms in total. The molecule has 3 aromatic carbocycles. The van der Waals surface area contributed by atoms with Crippen LogP contribution in [0.15, 0.2) is 79.0 Å². The highest BCUT2D eigenvalue weighted by molar-refractivity contribution is 5.87. The molecule has 6 heteroatoms. The molecule has 3 rings (SSSR count). The van der Waals surface area contributed by atoms with Gasteiger partial charge >= 0.3 is 0 Å². The number of rotatable bonds is 8. The SMILES string of the molecule is C=C(NO)C(NCc1ccc2cc(-c3ccccc3)ccc2c1)C(C)(O)C(F)F. The molecule has 2 unspecified atom stereocenters. The van der Waals surface area contributed by atoms with Gasteiger partial charge < -0.3 is 10.4 Å². The highest BCUT2D eigenvalue weighted by atomic mass is 19.3. The van der Waals surface area contributed by atoms with E-state index in [1.165, 1.54) is 0 Å². The number of hydrogen-bond acceptors (Lipinski definition) is 4. The smallest absolute Gasteiger partial charge is 0.268 e. The van der Waals surface area contributed by atoms with Crippen molar-refractivity contribution < 1.29 is 19.1 Å². The average Bonchev–Trinajstić information content (AvgIpc) is 2.73. The predicted molar refractivity (Wildman–Crippen MR) is 111 cm³/mol. The molecule has 0 saturated heterocycles. The number of fused-ring (bicyclic) bond motifs is 1. The van der Waals surface area contributed by atoms with Crippen LogP contribution < -0.4 is 10.8 Å². The molecule has 0 radical (unpaired) electrons. The van der Waals surface area contributed by atoms with Gasteiger partial charge in [0.05, 0.1) is 11.7 Å². The summed E-state index contributed by atoms with van der Waals surface area (Å²) in [6.07, 6.45) is -3.02. The zero-order valence-corrected chi connectivity index (χ0v) is 16.1. The van der Waals surface area contributed by atoms with E-state index in [0.29, 0.717) is 0 Å². The Kier molecular flexibility index (Phi) is 6.27. The molecule has 0 aliphatic carbocycles. The predicted octanol–water partition coefficient (Wildman–Crippen LogP) is 4.47. The van der Waals surface area contributed by atoms with E-state index in [1.54, 1.807) is 5.48 Å². The van der Waals surface area contributed by atoms with E-state index in [4.69, 9.17) is 5.21 Å². The summed E-state index contributed by atoms with van der Waals surface area (Å²) in [5, 5.41) is 24.1. The van der Waals surface area contributed by atoms with Gasteiger partial charge in [0.2, 0.25) is 0 Å². The zero-order valence-electron chi connectivity index (χ0n) is 16.1. The second kappa shape index (κ2) is 8.69. The van der Waals surface area contributed by atoms with E-state index < -0.39 is 18.1 Å². The Bertz CT molecular complexity index is 991. The van der Waals surface area contributed by atoms with Crippen LogP contribution in [-0.2, 0) is 6.54 Å². The van der Waals surface area contributed by atoms with E-state index in [-0.39, 0.29) is 12.2 Å². The van der Waals surface area contributed by atoms with E-state index >= 15 is 0 Å². The van der Waals surface area contributed by atoms with Crippen LogP contribution in [0, 0.1) is 0 Å². The minimum Gasteiger partial charge on any atom is -0.382 e. The fraction of sp³-hybridized carbons (Fsp3) is 0.217. The van der Waals surface area contributed by atoms with Gasteiger partial charge in [-0.2, -0.15) is 0 Å². The molecule has 0 saturated carbocycles. The lowest BCUT2D eigenvalue weighted by Gasteiger charge is -2.33. The summed E-state index contributed by atoms with van der Waals surface area (Å²) < 4.78 is 26.5. The molecule has 29 heavy (non-hydrogen) atoms. The van der Waals surface area contributed by atoms with Crippen molar-refractivity contribution in [1.29, 1.82) is 0 Å². The van der Waals surface area contributed by atoms with Gasteiger partial charge in [-0.25, -0.2) is 8.78 Å². The number of nitrogens with one attached hydrogen (secondary N) is 2. The molecule has 0 aliphatic heterocycles. The Morgan fingerprint density at radius 2 is 1.66 bits per heavy atom. The zero-order chi connectivity index (χ0) is 21.0. The summed E-state index contributed by atoms with van der Waals surface area (Å²) >= 11 is 0. The van der Waals surface area contributed by atoms with Crippen LogP contribution in [0.25, 0.3) is 21.9 Å². The van der Waals surface area contributed by atoms with E-state index in [9.17, 15) is 13.9 Å². The maximum Gasteiger partial charge on any atom is 0.268 e. The Morgan fingerprint density at radius 3 is 2.31 bits per heavy atom. The van der Waals surface area contributed by atoms with Gasteiger partial charge in [-0.15, -0.1) is 0 Å². The molecule has 0 aromatic heterocycles. The molecule has 0 heterocycles. The number of hydrogen-bond donors (Lipinski definition) is 4. The minimum atomic E-state index is -3.02. The molecule has 4 N–H and O–H groups in total. The summed E-state index contributed by atoms with van der Waals surface area (Å²) in [4.78, 5) is 0. The van der Waals surface area contributed by atoms with Crippen LogP contribution in [0.3, 0.4) is 0 Å². The lowest BCUT2D eigenvalue weighted by molar-refractivity contribution is -0.102. The first kappa shape index (κ1) is 20.9.